The second kappa shape index (κ2) is 10.1. The number of hydrogen-bond donors (Lipinski definition) is 1. The molecular weight excluding hydrogens is 484 g/mol. The van der Waals surface area contributed by atoms with E-state index in [-0.39, 0.29) is 18.1 Å². The van der Waals surface area contributed by atoms with Gasteiger partial charge in [-0.05, 0) is 74.1 Å². The summed E-state index contributed by atoms with van der Waals surface area (Å²) >= 11 is 5.88. The fourth-order valence-corrected chi connectivity index (χ4v) is 5.46. The summed E-state index contributed by atoms with van der Waals surface area (Å²) in [6, 6.07) is 23.0. The summed E-state index contributed by atoms with van der Waals surface area (Å²) in [6.07, 6.45) is 1.79. The molecule has 8 heteroatoms. The van der Waals surface area contributed by atoms with Gasteiger partial charge in [0.2, 0.25) is 0 Å². The smallest absolute Gasteiger partial charge is 0.339 e. The maximum Gasteiger partial charge on any atom is 0.339 e. The number of hydrogen-bond acceptors (Lipinski definition) is 5. The van der Waals surface area contributed by atoms with Crippen LogP contribution in [0.15, 0.2) is 79.0 Å². The van der Waals surface area contributed by atoms with Crippen LogP contribution >= 0.6 is 12.2 Å². The molecule has 1 aliphatic rings. The molecule has 37 heavy (non-hydrogen) atoms. The molecule has 0 amide bonds. The Morgan fingerprint density at radius 2 is 1.78 bits per heavy atom. The number of esters is 1. The maximum atomic E-state index is 12.6. The van der Waals surface area contributed by atoms with Crippen LogP contribution in [-0.4, -0.2) is 34.9 Å². The zero-order valence-corrected chi connectivity index (χ0v) is 22.0. The second-order valence-electron chi connectivity index (χ2n) is 8.87. The minimum atomic E-state index is -0.377. The zero-order valence-electron chi connectivity index (χ0n) is 21.1. The fraction of sp³-hybridized carbons (Fsp3) is 0.207. The number of rotatable bonds is 6. The van der Waals surface area contributed by atoms with Crippen LogP contribution in [0.4, 0.5) is 5.69 Å². The molecule has 0 spiro atoms. The Balaban J connectivity index is 1.70. The molecule has 2 atom stereocenters. The first-order valence-corrected chi connectivity index (χ1v) is 12.4. The van der Waals surface area contributed by atoms with Crippen LogP contribution in [0.1, 0.15) is 45.1 Å². The first-order valence-electron chi connectivity index (χ1n) is 12.0. The van der Waals surface area contributed by atoms with Gasteiger partial charge in [-0.2, -0.15) is 0 Å². The molecule has 0 saturated carbocycles. The average Bonchev–Trinajstić information content (AvgIpc) is 3.43. The first-order chi connectivity index (χ1) is 17.9. The number of aromatic nitrogens is 2. The van der Waals surface area contributed by atoms with Gasteiger partial charge in [0, 0.05) is 29.3 Å². The monoisotopic (exact) mass is 512 g/mol. The second-order valence-corrected chi connectivity index (χ2v) is 9.26. The number of aryl methyl sites for hydroxylation is 1. The average molecular weight is 513 g/mol. The summed E-state index contributed by atoms with van der Waals surface area (Å²) in [6.45, 7) is 4.11. The van der Waals surface area contributed by atoms with Gasteiger partial charge >= 0.3 is 5.97 Å². The van der Waals surface area contributed by atoms with Crippen molar-refractivity contribution >= 4 is 29.0 Å². The van der Waals surface area contributed by atoms with Crippen molar-refractivity contribution in [1.82, 2.24) is 14.9 Å². The van der Waals surface area contributed by atoms with Crippen LogP contribution in [0.25, 0.3) is 5.69 Å². The highest BCUT2D eigenvalue weighted by Crippen LogP contribution is 2.44. The Hall–Kier alpha value is -4.17. The molecule has 1 aliphatic heterocycles. The lowest BCUT2D eigenvalue weighted by molar-refractivity contribution is 0.0600. The molecule has 0 aliphatic carbocycles. The van der Waals surface area contributed by atoms with Crippen LogP contribution < -0.4 is 15.0 Å². The van der Waals surface area contributed by atoms with Gasteiger partial charge in [0.15, 0.2) is 5.11 Å². The molecule has 7 nitrogen and oxygen atoms in total. The number of thiocarbonyl (C=S) groups is 1. The molecular formula is C29H28N4O3S. The first kappa shape index (κ1) is 24.5. The van der Waals surface area contributed by atoms with E-state index in [1.165, 1.54) is 7.11 Å². The molecule has 0 radical (unpaired) electrons. The summed E-state index contributed by atoms with van der Waals surface area (Å²) < 4.78 is 12.7. The topological polar surface area (TPSA) is 68.6 Å². The van der Waals surface area contributed by atoms with E-state index in [1.807, 2.05) is 67.6 Å². The standard InChI is InChI=1S/C29H28N4O3S/c1-18-16-23(19(2)32(18)25-14-6-5-12-22(25)28(34)36-4)27-26(24-13-7-8-15-30-24)31-29(37)33(27)20-10-9-11-21(17-20)35-3/h5-17,26-27H,1-4H3,(H,31,37). The summed E-state index contributed by atoms with van der Waals surface area (Å²) in [7, 11) is 3.05. The lowest BCUT2D eigenvalue weighted by Gasteiger charge is -2.28. The van der Waals surface area contributed by atoms with Crippen molar-refractivity contribution < 1.29 is 14.3 Å². The van der Waals surface area contributed by atoms with Crippen molar-refractivity contribution in [2.45, 2.75) is 25.9 Å². The third kappa shape index (κ3) is 4.34. The summed E-state index contributed by atoms with van der Waals surface area (Å²) in [4.78, 5) is 19.4. The molecule has 1 fully saturated rings. The summed E-state index contributed by atoms with van der Waals surface area (Å²) in [5, 5.41) is 4.12. The van der Waals surface area contributed by atoms with E-state index in [0.29, 0.717) is 10.7 Å². The van der Waals surface area contributed by atoms with Gasteiger partial charge in [-0.25, -0.2) is 4.79 Å². The summed E-state index contributed by atoms with van der Waals surface area (Å²) in [5.74, 6) is 0.371. The molecule has 2 aromatic heterocycles. The molecule has 2 aromatic carbocycles. The Kier molecular flexibility index (Phi) is 6.67. The largest absolute Gasteiger partial charge is 0.497 e. The Labute approximate surface area is 221 Å². The Morgan fingerprint density at radius 3 is 2.51 bits per heavy atom. The van der Waals surface area contributed by atoms with Crippen molar-refractivity contribution in [3.8, 4) is 11.4 Å². The normalized spacial score (nSPS) is 17.0. The van der Waals surface area contributed by atoms with E-state index < -0.39 is 0 Å². The van der Waals surface area contributed by atoms with Crippen molar-refractivity contribution in [2.24, 2.45) is 0 Å². The van der Waals surface area contributed by atoms with Gasteiger partial charge in [-0.3, -0.25) is 4.98 Å². The molecule has 1 N–H and O–H groups in total. The molecule has 0 bridgehead atoms. The van der Waals surface area contributed by atoms with Crippen molar-refractivity contribution in [2.75, 3.05) is 19.1 Å². The Bertz CT molecular complexity index is 1470. The summed E-state index contributed by atoms with van der Waals surface area (Å²) in [5.41, 5.74) is 6.14. The van der Waals surface area contributed by atoms with Crippen LogP contribution in [0, 0.1) is 13.8 Å². The minimum Gasteiger partial charge on any atom is -0.497 e. The highest BCUT2D eigenvalue weighted by molar-refractivity contribution is 7.80. The number of carbonyl (C=O) groups excluding carboxylic acids is 1. The highest BCUT2D eigenvalue weighted by atomic mass is 32.1. The van der Waals surface area contributed by atoms with Gasteiger partial charge in [0.1, 0.15) is 5.75 Å². The van der Waals surface area contributed by atoms with E-state index in [1.54, 1.807) is 19.4 Å². The van der Waals surface area contributed by atoms with Gasteiger partial charge in [-0.15, -0.1) is 0 Å². The number of benzene rings is 2. The minimum absolute atomic E-state index is 0.190. The van der Waals surface area contributed by atoms with Crippen LogP contribution in [0.2, 0.25) is 0 Å². The maximum absolute atomic E-state index is 12.6. The molecule has 1 saturated heterocycles. The van der Waals surface area contributed by atoms with E-state index in [2.05, 4.69) is 32.8 Å². The van der Waals surface area contributed by atoms with E-state index in [4.69, 9.17) is 21.7 Å². The predicted octanol–water partition coefficient (Wildman–Crippen LogP) is 5.46. The SMILES string of the molecule is COC(=O)c1ccccc1-n1c(C)cc(C2C(c3ccccn3)NC(=S)N2c2cccc(OC)c2)c1C. The number of carbonyl (C=O) groups is 1. The molecule has 5 rings (SSSR count). The molecule has 3 heterocycles. The third-order valence-corrected chi connectivity index (χ3v) is 7.08. The predicted molar refractivity (Wildman–Crippen MR) is 148 cm³/mol. The van der Waals surface area contributed by atoms with Crippen molar-refractivity contribution in [3.63, 3.8) is 0 Å². The quantitative estimate of drug-likeness (QED) is 0.272. The van der Waals surface area contributed by atoms with Gasteiger partial charge in [0.05, 0.1) is 43.2 Å². The van der Waals surface area contributed by atoms with Gasteiger partial charge < -0.3 is 24.3 Å². The number of methoxy groups -OCH3 is 2. The molecule has 4 aromatic rings. The van der Waals surface area contributed by atoms with Gasteiger partial charge in [-0.1, -0.05) is 24.3 Å². The number of nitrogens with zero attached hydrogens (tertiary/aromatic N) is 3. The van der Waals surface area contributed by atoms with Crippen molar-refractivity contribution in [3.05, 3.63) is 107 Å². The lowest BCUT2D eigenvalue weighted by atomic mass is 9.96. The van der Waals surface area contributed by atoms with Crippen LogP contribution in [0.3, 0.4) is 0 Å². The number of nitrogens with one attached hydrogen (secondary N) is 1. The number of anilines is 1. The number of para-hydroxylation sites is 1. The fourth-order valence-electron chi connectivity index (χ4n) is 5.12. The van der Waals surface area contributed by atoms with Gasteiger partial charge in [0.25, 0.3) is 0 Å². The lowest BCUT2D eigenvalue weighted by Crippen LogP contribution is -2.29. The van der Waals surface area contributed by atoms with Crippen LogP contribution in [0.5, 0.6) is 5.75 Å². The zero-order chi connectivity index (χ0) is 26.1. The third-order valence-electron chi connectivity index (χ3n) is 6.77. The highest BCUT2D eigenvalue weighted by Gasteiger charge is 2.42. The molecule has 2 unspecified atom stereocenters. The number of pyridine rings is 1. The molecule has 188 valence electrons. The number of ether oxygens (including phenoxy) is 2. The van der Waals surface area contributed by atoms with Crippen LogP contribution in [-0.2, 0) is 4.74 Å². The van der Waals surface area contributed by atoms with Crippen molar-refractivity contribution in [1.29, 1.82) is 0 Å². The van der Waals surface area contributed by atoms with E-state index in [0.717, 1.165) is 39.8 Å². The van der Waals surface area contributed by atoms with E-state index in [9.17, 15) is 4.79 Å². The Morgan fingerprint density at radius 1 is 1.00 bits per heavy atom. The van der Waals surface area contributed by atoms with E-state index >= 15 is 0 Å².